The summed E-state index contributed by atoms with van der Waals surface area (Å²) in [5.74, 6) is 0.677. The first kappa shape index (κ1) is 40.6. The molecule has 276 valence electrons. The van der Waals surface area contributed by atoms with Gasteiger partial charge in [0.15, 0.2) is 0 Å². The molecule has 4 rings (SSSR count). The number of halogens is 2. The number of alkyl carbamates (subject to hydrolysis) is 2. The maximum absolute atomic E-state index is 12.8. The first-order valence-electron chi connectivity index (χ1n) is 15.8. The van der Waals surface area contributed by atoms with Crippen LogP contribution in [0.15, 0.2) is 97.1 Å². The number of carbonyl (C=O) groups is 4. The van der Waals surface area contributed by atoms with Crippen molar-refractivity contribution in [2.24, 2.45) is 0 Å². The second-order valence-corrected chi connectivity index (χ2v) is 13.3. The highest BCUT2D eigenvalue weighted by molar-refractivity contribution is 6.30. The Hall–Kier alpha value is -5.82. The summed E-state index contributed by atoms with van der Waals surface area (Å²) in [6.07, 6.45) is -2.80. The summed E-state index contributed by atoms with van der Waals surface area (Å²) in [4.78, 5) is 46.6. The molecule has 4 aromatic carbocycles. The highest BCUT2D eigenvalue weighted by Crippen LogP contribution is 2.19. The smallest absolute Gasteiger partial charge is 0.444 e. The van der Waals surface area contributed by atoms with Crippen LogP contribution in [-0.4, -0.2) is 35.7 Å². The molecule has 0 radical (unpaired) electrons. The van der Waals surface area contributed by atoms with Gasteiger partial charge in [0, 0.05) is 18.1 Å². The molecule has 0 bridgehead atoms. The van der Waals surface area contributed by atoms with E-state index in [0.717, 1.165) is 11.1 Å². The van der Waals surface area contributed by atoms with Crippen molar-refractivity contribution >= 4 is 36.1 Å². The minimum Gasteiger partial charge on any atom is -0.444 e. The van der Waals surface area contributed by atoms with E-state index in [-0.39, 0.29) is 18.0 Å². The van der Waals surface area contributed by atoms with Crippen molar-refractivity contribution in [3.63, 3.8) is 0 Å². The van der Waals surface area contributed by atoms with Crippen LogP contribution in [0.1, 0.15) is 52.7 Å². The van der Waals surface area contributed by atoms with E-state index < -0.39 is 41.5 Å². The highest BCUT2D eigenvalue weighted by Gasteiger charge is 2.17. The van der Waals surface area contributed by atoms with Crippen molar-refractivity contribution in [3.05, 3.63) is 119 Å². The molecule has 12 nitrogen and oxygen atoms in total. The van der Waals surface area contributed by atoms with Gasteiger partial charge in [0.25, 0.3) is 0 Å². The molecule has 0 saturated heterocycles. The standard InChI is InChI=1S/C19H20ClNO5.C19H20FNO5/c2*1-19(2,3)26-17(22)21-12-13-4-8-15(9-5-13)24-18(23)25-16-10-6-14(20)7-11-16/h2*4-11H,12H2,1-3H3,(H,21,22). The predicted molar refractivity (Wildman–Crippen MR) is 190 cm³/mol. The van der Waals surface area contributed by atoms with Crippen molar-refractivity contribution in [1.29, 1.82) is 0 Å². The fourth-order valence-corrected chi connectivity index (χ4v) is 3.89. The van der Waals surface area contributed by atoms with E-state index in [1.807, 2.05) is 0 Å². The lowest BCUT2D eigenvalue weighted by Crippen LogP contribution is -2.32. The SMILES string of the molecule is CC(C)(C)OC(=O)NCc1ccc(OC(=O)Oc2ccc(Cl)cc2)cc1.CC(C)(C)OC(=O)NCc1ccc(OC(=O)Oc2ccc(F)cc2)cc1. The second-order valence-electron chi connectivity index (χ2n) is 12.8. The summed E-state index contributed by atoms with van der Waals surface area (Å²) in [6.45, 7) is 11.3. The lowest BCUT2D eigenvalue weighted by molar-refractivity contribution is 0.0512. The molecule has 0 atom stereocenters. The molecular formula is C38H40ClFN2O10. The topological polar surface area (TPSA) is 148 Å². The maximum Gasteiger partial charge on any atom is 0.519 e. The van der Waals surface area contributed by atoms with Gasteiger partial charge >= 0.3 is 24.5 Å². The molecule has 52 heavy (non-hydrogen) atoms. The Balaban J connectivity index is 0.000000280. The summed E-state index contributed by atoms with van der Waals surface area (Å²) in [6, 6.07) is 24.5. The lowest BCUT2D eigenvalue weighted by atomic mass is 10.2. The molecule has 0 saturated carbocycles. The molecule has 0 fully saturated rings. The number of nitrogens with one attached hydrogen (secondary N) is 2. The van der Waals surface area contributed by atoms with Crippen LogP contribution in [0.4, 0.5) is 23.6 Å². The Bertz CT molecular complexity index is 1640. The zero-order valence-electron chi connectivity index (χ0n) is 29.5. The van der Waals surface area contributed by atoms with E-state index in [1.54, 1.807) is 114 Å². The van der Waals surface area contributed by atoms with Gasteiger partial charge in [0.2, 0.25) is 0 Å². The average molecular weight is 739 g/mol. The Labute approximate surface area is 306 Å². The molecule has 14 heteroatoms. The van der Waals surface area contributed by atoms with Crippen molar-refractivity contribution in [3.8, 4) is 23.0 Å². The molecule has 0 unspecified atom stereocenters. The van der Waals surface area contributed by atoms with Crippen LogP contribution in [-0.2, 0) is 22.6 Å². The minimum atomic E-state index is -0.934. The molecule has 0 aliphatic carbocycles. The van der Waals surface area contributed by atoms with Gasteiger partial charge in [-0.05, 0) is 125 Å². The second kappa shape index (κ2) is 19.0. The van der Waals surface area contributed by atoms with Crippen molar-refractivity contribution in [2.45, 2.75) is 65.8 Å². The lowest BCUT2D eigenvalue weighted by Gasteiger charge is -2.19. The average Bonchev–Trinajstić information content (AvgIpc) is 3.05. The fourth-order valence-electron chi connectivity index (χ4n) is 3.76. The highest BCUT2D eigenvalue weighted by atomic mass is 35.5. The van der Waals surface area contributed by atoms with E-state index >= 15 is 0 Å². The third kappa shape index (κ3) is 16.7. The van der Waals surface area contributed by atoms with Gasteiger partial charge in [0.1, 0.15) is 40.0 Å². The van der Waals surface area contributed by atoms with Crippen LogP contribution in [0.2, 0.25) is 5.02 Å². The van der Waals surface area contributed by atoms with E-state index in [0.29, 0.717) is 23.1 Å². The van der Waals surface area contributed by atoms with E-state index in [1.165, 1.54) is 24.3 Å². The largest absolute Gasteiger partial charge is 0.519 e. The summed E-state index contributed by atoms with van der Waals surface area (Å²) in [7, 11) is 0. The van der Waals surface area contributed by atoms with Crippen molar-refractivity contribution < 1.29 is 52.0 Å². The molecule has 0 aromatic heterocycles. The number of ether oxygens (including phenoxy) is 6. The fraction of sp³-hybridized carbons (Fsp3) is 0.263. The Morgan fingerprint density at radius 1 is 0.519 bits per heavy atom. The van der Waals surface area contributed by atoms with Crippen LogP contribution < -0.4 is 29.6 Å². The molecule has 0 spiro atoms. The molecule has 0 aliphatic heterocycles. The quantitative estimate of drug-likeness (QED) is 0.132. The van der Waals surface area contributed by atoms with Crippen LogP contribution in [0.5, 0.6) is 23.0 Å². The summed E-state index contributed by atoms with van der Waals surface area (Å²) in [5.41, 5.74) is 0.517. The predicted octanol–water partition coefficient (Wildman–Crippen LogP) is 9.37. The van der Waals surface area contributed by atoms with Gasteiger partial charge in [-0.15, -0.1) is 0 Å². The van der Waals surface area contributed by atoms with Gasteiger partial charge in [-0.3, -0.25) is 0 Å². The first-order chi connectivity index (χ1) is 24.4. The third-order valence-electron chi connectivity index (χ3n) is 5.95. The van der Waals surface area contributed by atoms with Crippen LogP contribution >= 0.6 is 11.6 Å². The van der Waals surface area contributed by atoms with Gasteiger partial charge in [-0.2, -0.15) is 0 Å². The Morgan fingerprint density at radius 2 is 0.808 bits per heavy atom. The number of carbonyl (C=O) groups excluding carboxylic acids is 4. The van der Waals surface area contributed by atoms with E-state index in [4.69, 9.17) is 40.0 Å². The third-order valence-corrected chi connectivity index (χ3v) is 6.20. The Morgan fingerprint density at radius 3 is 1.12 bits per heavy atom. The van der Waals surface area contributed by atoms with Gasteiger partial charge in [-0.1, -0.05) is 35.9 Å². The maximum atomic E-state index is 12.8. The molecule has 0 heterocycles. The molecular weight excluding hydrogens is 699 g/mol. The molecule has 2 amide bonds. The van der Waals surface area contributed by atoms with Crippen LogP contribution in [0.3, 0.4) is 0 Å². The molecule has 2 N–H and O–H groups in total. The summed E-state index contributed by atoms with van der Waals surface area (Å²) in [5, 5.41) is 5.82. The van der Waals surface area contributed by atoms with Gasteiger partial charge in [0.05, 0.1) is 0 Å². The summed E-state index contributed by atoms with van der Waals surface area (Å²) < 4.78 is 43.2. The van der Waals surface area contributed by atoms with Gasteiger partial charge < -0.3 is 39.1 Å². The number of amides is 2. The number of hydrogen-bond acceptors (Lipinski definition) is 10. The number of rotatable bonds is 8. The minimum absolute atomic E-state index is 0.176. The first-order valence-corrected chi connectivity index (χ1v) is 16.2. The van der Waals surface area contributed by atoms with Crippen molar-refractivity contribution in [2.75, 3.05) is 0 Å². The molecule has 0 aliphatic rings. The van der Waals surface area contributed by atoms with Crippen LogP contribution in [0, 0.1) is 5.82 Å². The molecule has 4 aromatic rings. The number of benzene rings is 4. The van der Waals surface area contributed by atoms with E-state index in [2.05, 4.69) is 10.6 Å². The normalized spacial score (nSPS) is 10.8. The summed E-state index contributed by atoms with van der Waals surface area (Å²) >= 11 is 5.76. The number of hydrogen-bond donors (Lipinski definition) is 2. The Kier molecular flexibility index (Phi) is 14.8. The zero-order chi connectivity index (χ0) is 38.3. The zero-order valence-corrected chi connectivity index (χ0v) is 30.2. The monoisotopic (exact) mass is 738 g/mol. The van der Waals surface area contributed by atoms with Crippen molar-refractivity contribution in [1.82, 2.24) is 10.6 Å². The van der Waals surface area contributed by atoms with E-state index in [9.17, 15) is 23.6 Å². The van der Waals surface area contributed by atoms with Crippen LogP contribution in [0.25, 0.3) is 0 Å². The van der Waals surface area contributed by atoms with Gasteiger partial charge in [-0.25, -0.2) is 23.6 Å².